The van der Waals surface area contributed by atoms with E-state index in [1.807, 2.05) is 5.38 Å². The van der Waals surface area contributed by atoms with E-state index in [2.05, 4.69) is 15.3 Å². The Bertz CT molecular complexity index is 649. The van der Waals surface area contributed by atoms with Crippen LogP contribution in [0.2, 0.25) is 0 Å². The van der Waals surface area contributed by atoms with E-state index in [1.165, 1.54) is 11.3 Å². The van der Waals surface area contributed by atoms with Crippen molar-refractivity contribution in [1.29, 1.82) is 0 Å². The van der Waals surface area contributed by atoms with E-state index in [0.717, 1.165) is 17.8 Å². The summed E-state index contributed by atoms with van der Waals surface area (Å²) >= 11 is 1.47. The van der Waals surface area contributed by atoms with E-state index in [1.54, 1.807) is 29.6 Å². The number of hydrogen-bond donors (Lipinski definition) is 2. The summed E-state index contributed by atoms with van der Waals surface area (Å²) in [5, 5.41) is 5.60. The highest BCUT2D eigenvalue weighted by atomic mass is 32.1. The molecule has 2 aromatic heterocycles. The van der Waals surface area contributed by atoms with Crippen molar-refractivity contribution in [3.63, 3.8) is 0 Å². The van der Waals surface area contributed by atoms with Crippen LogP contribution in [-0.2, 0) is 11.3 Å². The SMILES string of the molecule is O=C(NCC1CCN(C(=O)OCc2nccs2)CC1)c1cc[nH]c1. The first kappa shape index (κ1) is 16.5. The Morgan fingerprint density at radius 1 is 1.42 bits per heavy atom. The van der Waals surface area contributed by atoms with Gasteiger partial charge in [-0.2, -0.15) is 0 Å². The molecular weight excluding hydrogens is 328 g/mol. The van der Waals surface area contributed by atoms with Gasteiger partial charge >= 0.3 is 6.09 Å². The fourth-order valence-corrected chi connectivity index (χ4v) is 3.19. The second-order valence-electron chi connectivity index (χ2n) is 5.72. The molecule has 0 atom stereocenters. The predicted molar refractivity (Wildman–Crippen MR) is 89.7 cm³/mol. The third-order valence-electron chi connectivity index (χ3n) is 4.09. The molecule has 24 heavy (non-hydrogen) atoms. The normalized spacial score (nSPS) is 15.2. The van der Waals surface area contributed by atoms with E-state index in [-0.39, 0.29) is 18.6 Å². The number of nitrogens with one attached hydrogen (secondary N) is 2. The summed E-state index contributed by atoms with van der Waals surface area (Å²) < 4.78 is 5.27. The van der Waals surface area contributed by atoms with Crippen molar-refractivity contribution < 1.29 is 14.3 Å². The Kier molecular flexibility index (Phi) is 5.47. The molecule has 1 aliphatic heterocycles. The molecule has 1 saturated heterocycles. The predicted octanol–water partition coefficient (Wildman–Crippen LogP) is 2.25. The largest absolute Gasteiger partial charge is 0.442 e. The van der Waals surface area contributed by atoms with Crippen LogP contribution in [-0.4, -0.2) is 46.5 Å². The van der Waals surface area contributed by atoms with Crippen LogP contribution in [0.1, 0.15) is 28.2 Å². The topological polar surface area (TPSA) is 87.3 Å². The highest BCUT2D eigenvalue weighted by molar-refractivity contribution is 7.09. The molecule has 3 heterocycles. The number of rotatable bonds is 5. The lowest BCUT2D eigenvalue weighted by Gasteiger charge is -2.31. The monoisotopic (exact) mass is 348 g/mol. The average Bonchev–Trinajstić information content (AvgIpc) is 3.31. The number of amides is 2. The molecule has 0 aromatic carbocycles. The lowest BCUT2D eigenvalue weighted by Crippen LogP contribution is -2.41. The molecule has 3 rings (SSSR count). The zero-order valence-corrected chi connectivity index (χ0v) is 14.1. The number of thiazole rings is 1. The van der Waals surface area contributed by atoms with Gasteiger partial charge in [-0.25, -0.2) is 9.78 Å². The van der Waals surface area contributed by atoms with Gasteiger partial charge in [0.25, 0.3) is 5.91 Å². The van der Waals surface area contributed by atoms with Crippen LogP contribution in [0.25, 0.3) is 0 Å². The van der Waals surface area contributed by atoms with E-state index in [9.17, 15) is 9.59 Å². The minimum absolute atomic E-state index is 0.0680. The summed E-state index contributed by atoms with van der Waals surface area (Å²) in [6, 6.07) is 1.75. The van der Waals surface area contributed by atoms with Crippen molar-refractivity contribution in [3.05, 3.63) is 40.6 Å². The van der Waals surface area contributed by atoms with Crippen molar-refractivity contribution in [3.8, 4) is 0 Å². The van der Waals surface area contributed by atoms with Crippen LogP contribution in [0.4, 0.5) is 4.79 Å². The van der Waals surface area contributed by atoms with Crippen LogP contribution in [0, 0.1) is 5.92 Å². The number of aromatic amines is 1. The number of ether oxygens (including phenoxy) is 1. The number of carbonyl (C=O) groups is 2. The van der Waals surface area contributed by atoms with Gasteiger partial charge in [0.15, 0.2) is 0 Å². The Hall–Kier alpha value is -2.35. The fraction of sp³-hybridized carbons (Fsp3) is 0.438. The standard InChI is InChI=1S/C16H20N4O3S/c21-15(13-1-4-17-10-13)19-9-12-2-6-20(7-3-12)16(22)23-11-14-18-5-8-24-14/h1,4-5,8,10,12,17H,2-3,6-7,9,11H2,(H,19,21). The van der Waals surface area contributed by atoms with Crippen LogP contribution in [0.15, 0.2) is 30.0 Å². The maximum absolute atomic E-state index is 12.0. The van der Waals surface area contributed by atoms with Gasteiger partial charge in [0.1, 0.15) is 11.6 Å². The highest BCUT2D eigenvalue weighted by Gasteiger charge is 2.24. The maximum Gasteiger partial charge on any atom is 0.410 e. The van der Waals surface area contributed by atoms with E-state index in [0.29, 0.717) is 31.1 Å². The van der Waals surface area contributed by atoms with Crippen LogP contribution >= 0.6 is 11.3 Å². The molecule has 7 nitrogen and oxygen atoms in total. The molecule has 1 aliphatic rings. The number of aromatic nitrogens is 2. The molecule has 8 heteroatoms. The number of nitrogens with zero attached hydrogens (tertiary/aromatic N) is 2. The first-order valence-corrected chi connectivity index (χ1v) is 8.81. The lowest BCUT2D eigenvalue weighted by atomic mass is 9.97. The second kappa shape index (κ2) is 7.96. The average molecular weight is 348 g/mol. The fourth-order valence-electron chi connectivity index (χ4n) is 2.66. The molecule has 0 spiro atoms. The van der Waals surface area contributed by atoms with Crippen molar-refractivity contribution in [1.82, 2.24) is 20.2 Å². The maximum atomic E-state index is 12.0. The van der Waals surface area contributed by atoms with Gasteiger partial charge in [-0.3, -0.25) is 4.79 Å². The van der Waals surface area contributed by atoms with Gasteiger partial charge < -0.3 is 19.9 Å². The van der Waals surface area contributed by atoms with Crippen molar-refractivity contribution in [2.45, 2.75) is 19.4 Å². The molecule has 0 saturated carbocycles. The number of carbonyl (C=O) groups excluding carboxylic acids is 2. The smallest absolute Gasteiger partial charge is 0.410 e. The van der Waals surface area contributed by atoms with Gasteiger partial charge in [0.2, 0.25) is 0 Å². The summed E-state index contributed by atoms with van der Waals surface area (Å²) in [5.74, 6) is 0.317. The minimum Gasteiger partial charge on any atom is -0.442 e. The summed E-state index contributed by atoms with van der Waals surface area (Å²) in [6.07, 6.45) is 6.53. The third kappa shape index (κ3) is 4.35. The van der Waals surface area contributed by atoms with Gasteiger partial charge in [0.05, 0.1) is 5.56 Å². The number of hydrogen-bond acceptors (Lipinski definition) is 5. The summed E-state index contributed by atoms with van der Waals surface area (Å²) in [6.45, 7) is 2.16. The van der Waals surface area contributed by atoms with Crippen molar-refractivity contribution in [2.24, 2.45) is 5.92 Å². The Labute approximate surface area is 144 Å². The molecule has 2 N–H and O–H groups in total. The summed E-state index contributed by atoms with van der Waals surface area (Å²) in [7, 11) is 0. The number of likely N-dealkylation sites (tertiary alicyclic amines) is 1. The van der Waals surface area contributed by atoms with Crippen LogP contribution in [0.5, 0.6) is 0 Å². The van der Waals surface area contributed by atoms with E-state index >= 15 is 0 Å². The zero-order valence-electron chi connectivity index (χ0n) is 13.2. The molecule has 0 unspecified atom stereocenters. The Morgan fingerprint density at radius 3 is 2.92 bits per heavy atom. The lowest BCUT2D eigenvalue weighted by molar-refractivity contribution is 0.0800. The first-order valence-electron chi connectivity index (χ1n) is 7.93. The van der Waals surface area contributed by atoms with Gasteiger partial charge in [0, 0.05) is 43.6 Å². The molecule has 1 fully saturated rings. The molecule has 0 bridgehead atoms. The molecule has 128 valence electrons. The van der Waals surface area contributed by atoms with Gasteiger partial charge in [-0.15, -0.1) is 11.3 Å². The molecule has 2 amide bonds. The summed E-state index contributed by atoms with van der Waals surface area (Å²) in [4.78, 5) is 32.6. The Balaban J connectivity index is 1.36. The van der Waals surface area contributed by atoms with Crippen molar-refractivity contribution >= 4 is 23.3 Å². The van der Waals surface area contributed by atoms with Gasteiger partial charge in [-0.05, 0) is 24.8 Å². The van der Waals surface area contributed by atoms with E-state index < -0.39 is 0 Å². The molecule has 2 aromatic rings. The first-order chi connectivity index (χ1) is 11.7. The molecule has 0 aliphatic carbocycles. The van der Waals surface area contributed by atoms with Crippen LogP contribution < -0.4 is 5.32 Å². The second-order valence-corrected chi connectivity index (χ2v) is 6.70. The Morgan fingerprint density at radius 2 is 2.25 bits per heavy atom. The number of H-pyrrole nitrogens is 1. The van der Waals surface area contributed by atoms with Crippen LogP contribution in [0.3, 0.4) is 0 Å². The third-order valence-corrected chi connectivity index (χ3v) is 4.84. The zero-order chi connectivity index (χ0) is 16.8. The molecular formula is C16H20N4O3S. The minimum atomic E-state index is -0.292. The van der Waals surface area contributed by atoms with E-state index in [4.69, 9.17) is 4.74 Å². The van der Waals surface area contributed by atoms with Gasteiger partial charge in [-0.1, -0.05) is 0 Å². The molecule has 0 radical (unpaired) electrons. The summed E-state index contributed by atoms with van der Waals surface area (Å²) in [5.41, 5.74) is 0.637. The highest BCUT2D eigenvalue weighted by Crippen LogP contribution is 2.18. The van der Waals surface area contributed by atoms with Crippen molar-refractivity contribution in [2.75, 3.05) is 19.6 Å². The quantitative estimate of drug-likeness (QED) is 0.867. The number of piperidine rings is 1.